The number of benzene rings is 1. The van der Waals surface area contributed by atoms with Crippen LogP contribution in [0.15, 0.2) is 24.3 Å². The van der Waals surface area contributed by atoms with Crippen LogP contribution in [0.3, 0.4) is 0 Å². The van der Waals surface area contributed by atoms with Gasteiger partial charge in [0.2, 0.25) is 0 Å². The zero-order valence-corrected chi connectivity index (χ0v) is 11.6. The molecule has 18 heavy (non-hydrogen) atoms. The van der Waals surface area contributed by atoms with E-state index in [2.05, 4.69) is 11.8 Å². The maximum atomic E-state index is 12.1. The maximum Gasteiger partial charge on any atom is 0.176 e. The highest BCUT2D eigenvalue weighted by atomic mass is 35.5. The first-order valence-corrected chi connectivity index (χ1v) is 7.08. The van der Waals surface area contributed by atoms with Crippen molar-refractivity contribution in [3.8, 4) is 0 Å². The Hall–Kier alpha value is -0.860. The highest BCUT2D eigenvalue weighted by Crippen LogP contribution is 2.21. The minimum Gasteiger partial charge on any atom is -0.296 e. The van der Waals surface area contributed by atoms with Crippen LogP contribution in [0.5, 0.6) is 0 Å². The molecule has 0 saturated carbocycles. The zero-order chi connectivity index (χ0) is 13.0. The van der Waals surface area contributed by atoms with Crippen LogP contribution in [0.25, 0.3) is 0 Å². The Balaban J connectivity index is 1.89. The van der Waals surface area contributed by atoms with Gasteiger partial charge >= 0.3 is 0 Å². The van der Waals surface area contributed by atoms with Gasteiger partial charge in [-0.2, -0.15) is 0 Å². The number of nitrogens with zero attached hydrogens (tertiary/aromatic N) is 1. The van der Waals surface area contributed by atoms with Crippen molar-refractivity contribution in [3.63, 3.8) is 0 Å². The number of ketones is 1. The molecule has 1 fully saturated rings. The third kappa shape index (κ3) is 3.56. The molecule has 0 aromatic heterocycles. The van der Waals surface area contributed by atoms with Crippen molar-refractivity contribution < 1.29 is 4.79 Å². The first-order valence-electron chi connectivity index (χ1n) is 6.70. The largest absolute Gasteiger partial charge is 0.296 e. The number of rotatable bonds is 5. The number of Topliss-reactive ketones (excluding diaryl/α,β-unsaturated/α-hetero) is 1. The van der Waals surface area contributed by atoms with Gasteiger partial charge < -0.3 is 0 Å². The summed E-state index contributed by atoms with van der Waals surface area (Å²) in [4.78, 5) is 14.4. The Kier molecular flexibility index (Phi) is 4.79. The normalized spacial score (nSPS) is 20.2. The van der Waals surface area contributed by atoms with Gasteiger partial charge in [0, 0.05) is 17.1 Å². The van der Waals surface area contributed by atoms with Gasteiger partial charge in [0.25, 0.3) is 0 Å². The first kappa shape index (κ1) is 13.6. The molecular weight excluding hydrogens is 246 g/mol. The first-order chi connectivity index (χ1) is 8.69. The molecule has 1 heterocycles. The molecule has 1 aliphatic rings. The molecule has 1 aromatic rings. The lowest BCUT2D eigenvalue weighted by atomic mass is 10.0. The fourth-order valence-electron chi connectivity index (χ4n) is 2.66. The Bertz CT molecular complexity index is 419. The summed E-state index contributed by atoms with van der Waals surface area (Å²) >= 11 is 5.90. The molecule has 0 bridgehead atoms. The number of hydrogen-bond acceptors (Lipinski definition) is 2. The second kappa shape index (κ2) is 6.35. The van der Waals surface area contributed by atoms with E-state index in [0.29, 0.717) is 11.6 Å². The molecule has 1 aliphatic heterocycles. The molecule has 0 N–H and O–H groups in total. The average Bonchev–Trinajstić information content (AvgIpc) is 2.77. The van der Waals surface area contributed by atoms with Crippen LogP contribution in [-0.2, 0) is 0 Å². The molecular formula is C15H20ClNO. The van der Waals surface area contributed by atoms with E-state index in [9.17, 15) is 4.79 Å². The second-order valence-corrected chi connectivity index (χ2v) is 5.55. The Labute approximate surface area is 114 Å². The third-order valence-corrected chi connectivity index (χ3v) is 3.82. The molecule has 1 unspecified atom stereocenters. The lowest BCUT2D eigenvalue weighted by Gasteiger charge is -2.15. The van der Waals surface area contributed by atoms with Crippen molar-refractivity contribution in [1.29, 1.82) is 0 Å². The number of hydrogen-bond donors (Lipinski definition) is 0. The Morgan fingerprint density at radius 2 is 2.33 bits per heavy atom. The van der Waals surface area contributed by atoms with Crippen LogP contribution in [-0.4, -0.2) is 30.3 Å². The fourth-order valence-corrected chi connectivity index (χ4v) is 2.85. The second-order valence-electron chi connectivity index (χ2n) is 5.11. The van der Waals surface area contributed by atoms with Crippen LogP contribution in [0.1, 0.15) is 36.5 Å². The maximum absolute atomic E-state index is 12.1. The van der Waals surface area contributed by atoms with Crippen molar-refractivity contribution in [1.82, 2.24) is 4.90 Å². The van der Waals surface area contributed by atoms with E-state index in [1.807, 2.05) is 12.1 Å². The highest BCUT2D eigenvalue weighted by Gasteiger charge is 2.23. The molecule has 0 amide bonds. The summed E-state index contributed by atoms with van der Waals surface area (Å²) in [5.74, 6) is 0.955. The molecule has 1 aromatic carbocycles. The van der Waals surface area contributed by atoms with E-state index < -0.39 is 0 Å². The van der Waals surface area contributed by atoms with Gasteiger partial charge in [-0.05, 0) is 37.4 Å². The van der Waals surface area contributed by atoms with Crippen LogP contribution >= 0.6 is 11.6 Å². The summed E-state index contributed by atoms with van der Waals surface area (Å²) < 4.78 is 0. The lowest BCUT2D eigenvalue weighted by Crippen LogP contribution is -2.27. The molecule has 0 aliphatic carbocycles. The summed E-state index contributed by atoms with van der Waals surface area (Å²) in [6.07, 6.45) is 3.75. The van der Waals surface area contributed by atoms with E-state index in [4.69, 9.17) is 11.6 Å². The van der Waals surface area contributed by atoms with E-state index in [0.717, 1.165) is 24.6 Å². The molecule has 3 heteroatoms. The lowest BCUT2D eigenvalue weighted by molar-refractivity contribution is 0.0943. The predicted molar refractivity (Wildman–Crippen MR) is 75.2 cm³/mol. The third-order valence-electron chi connectivity index (χ3n) is 3.58. The molecule has 1 saturated heterocycles. The van der Waals surface area contributed by atoms with Gasteiger partial charge in [0.15, 0.2) is 5.78 Å². The highest BCUT2D eigenvalue weighted by molar-refractivity contribution is 6.31. The molecule has 2 rings (SSSR count). The molecule has 98 valence electrons. The van der Waals surface area contributed by atoms with Crippen molar-refractivity contribution in [3.05, 3.63) is 34.9 Å². The smallest absolute Gasteiger partial charge is 0.176 e. The number of halogens is 1. The quantitative estimate of drug-likeness (QED) is 0.758. The molecule has 0 spiro atoms. The average molecular weight is 266 g/mol. The summed E-state index contributed by atoms with van der Waals surface area (Å²) in [7, 11) is 0. The topological polar surface area (TPSA) is 20.3 Å². The Morgan fingerprint density at radius 3 is 3.06 bits per heavy atom. The van der Waals surface area contributed by atoms with Crippen LogP contribution in [0.2, 0.25) is 5.02 Å². The zero-order valence-electron chi connectivity index (χ0n) is 10.9. The van der Waals surface area contributed by atoms with Gasteiger partial charge in [0.1, 0.15) is 0 Å². The van der Waals surface area contributed by atoms with Gasteiger partial charge in [0.05, 0.1) is 6.54 Å². The summed E-state index contributed by atoms with van der Waals surface area (Å²) in [6, 6.07) is 7.22. The molecule has 2 nitrogen and oxygen atoms in total. The van der Waals surface area contributed by atoms with Gasteiger partial charge in [-0.3, -0.25) is 9.69 Å². The van der Waals surface area contributed by atoms with Crippen LogP contribution in [0, 0.1) is 5.92 Å². The minimum atomic E-state index is 0.176. The standard InChI is InChI=1S/C15H20ClNO/c1-2-4-12-7-8-17(10-12)11-15(18)13-5-3-6-14(16)9-13/h3,5-6,9,12H,2,4,7-8,10-11H2,1H3. The van der Waals surface area contributed by atoms with Gasteiger partial charge in [-0.1, -0.05) is 37.1 Å². The molecule has 1 atom stereocenters. The van der Waals surface area contributed by atoms with E-state index in [1.54, 1.807) is 12.1 Å². The van der Waals surface area contributed by atoms with Crippen molar-refractivity contribution >= 4 is 17.4 Å². The minimum absolute atomic E-state index is 0.176. The van der Waals surface area contributed by atoms with Crippen molar-refractivity contribution in [2.45, 2.75) is 26.2 Å². The SMILES string of the molecule is CCCC1CCN(CC(=O)c2cccc(Cl)c2)C1. The molecule has 0 radical (unpaired) electrons. The number of carbonyl (C=O) groups is 1. The fraction of sp³-hybridized carbons (Fsp3) is 0.533. The van der Waals surface area contributed by atoms with Crippen molar-refractivity contribution in [2.75, 3.05) is 19.6 Å². The van der Waals surface area contributed by atoms with E-state index in [1.165, 1.54) is 19.3 Å². The summed E-state index contributed by atoms with van der Waals surface area (Å²) in [5, 5.41) is 0.631. The van der Waals surface area contributed by atoms with Gasteiger partial charge in [-0.25, -0.2) is 0 Å². The number of carbonyl (C=O) groups excluding carboxylic acids is 1. The predicted octanol–water partition coefficient (Wildman–Crippen LogP) is 3.64. The van der Waals surface area contributed by atoms with Crippen LogP contribution in [0.4, 0.5) is 0 Å². The van der Waals surface area contributed by atoms with E-state index in [-0.39, 0.29) is 5.78 Å². The summed E-state index contributed by atoms with van der Waals surface area (Å²) in [5.41, 5.74) is 0.724. The van der Waals surface area contributed by atoms with Crippen molar-refractivity contribution in [2.24, 2.45) is 5.92 Å². The van der Waals surface area contributed by atoms with Crippen LogP contribution < -0.4 is 0 Å². The van der Waals surface area contributed by atoms with E-state index >= 15 is 0 Å². The Morgan fingerprint density at radius 1 is 1.50 bits per heavy atom. The summed E-state index contributed by atoms with van der Waals surface area (Å²) in [6.45, 7) is 4.87. The number of likely N-dealkylation sites (tertiary alicyclic amines) is 1. The van der Waals surface area contributed by atoms with Gasteiger partial charge in [-0.15, -0.1) is 0 Å². The monoisotopic (exact) mass is 265 g/mol.